The van der Waals surface area contributed by atoms with Crippen LogP contribution < -0.4 is 15.0 Å². The average molecular weight is 326 g/mol. The largest absolute Gasteiger partial charge is 0.494 e. The molecule has 2 amide bonds. The number of nitrogens with one attached hydrogen (secondary N) is 1. The van der Waals surface area contributed by atoms with Crippen LogP contribution in [0.2, 0.25) is 0 Å². The minimum Gasteiger partial charge on any atom is -0.494 e. The van der Waals surface area contributed by atoms with Crippen molar-refractivity contribution in [3.05, 3.63) is 54.1 Å². The molecule has 3 rings (SSSR count). The summed E-state index contributed by atoms with van der Waals surface area (Å²) in [6.45, 7) is 3.43. The SMILES string of the molecule is CCOc1ccc(NC(=O)c2ccc(N3CCOC3=O)cc2)cc1. The maximum Gasteiger partial charge on any atom is 0.414 e. The highest BCUT2D eigenvalue weighted by molar-refractivity contribution is 6.04. The number of amides is 2. The lowest BCUT2D eigenvalue weighted by molar-refractivity contribution is 0.102. The third kappa shape index (κ3) is 3.48. The van der Waals surface area contributed by atoms with E-state index < -0.39 is 0 Å². The summed E-state index contributed by atoms with van der Waals surface area (Å²) < 4.78 is 10.3. The van der Waals surface area contributed by atoms with Crippen molar-refractivity contribution in [2.75, 3.05) is 30.0 Å². The zero-order valence-corrected chi connectivity index (χ0v) is 13.3. The van der Waals surface area contributed by atoms with Gasteiger partial charge in [-0.2, -0.15) is 0 Å². The summed E-state index contributed by atoms with van der Waals surface area (Å²) in [7, 11) is 0. The minimum atomic E-state index is -0.360. The van der Waals surface area contributed by atoms with Crippen LogP contribution in [0.3, 0.4) is 0 Å². The van der Waals surface area contributed by atoms with Crippen molar-refractivity contribution >= 4 is 23.4 Å². The summed E-state index contributed by atoms with van der Waals surface area (Å²) in [6, 6.07) is 14.0. The van der Waals surface area contributed by atoms with Crippen LogP contribution in [0, 0.1) is 0 Å². The molecule has 0 bridgehead atoms. The highest BCUT2D eigenvalue weighted by Gasteiger charge is 2.23. The van der Waals surface area contributed by atoms with E-state index in [9.17, 15) is 9.59 Å². The zero-order valence-electron chi connectivity index (χ0n) is 13.3. The van der Waals surface area contributed by atoms with Gasteiger partial charge in [0.15, 0.2) is 0 Å². The van der Waals surface area contributed by atoms with Gasteiger partial charge in [-0.3, -0.25) is 9.69 Å². The van der Waals surface area contributed by atoms with Gasteiger partial charge in [0.05, 0.1) is 13.2 Å². The van der Waals surface area contributed by atoms with Crippen LogP contribution in [0.4, 0.5) is 16.2 Å². The number of benzene rings is 2. The Bertz CT molecular complexity index is 726. The van der Waals surface area contributed by atoms with E-state index in [-0.39, 0.29) is 12.0 Å². The number of carbonyl (C=O) groups excluding carboxylic acids is 2. The van der Waals surface area contributed by atoms with Crippen LogP contribution in [-0.4, -0.2) is 31.8 Å². The summed E-state index contributed by atoms with van der Waals surface area (Å²) in [5.74, 6) is 0.548. The molecule has 2 aromatic carbocycles. The first-order valence-electron chi connectivity index (χ1n) is 7.76. The van der Waals surface area contributed by atoms with Crippen molar-refractivity contribution in [1.82, 2.24) is 0 Å². The maximum absolute atomic E-state index is 12.3. The summed E-state index contributed by atoms with van der Waals surface area (Å²) in [5, 5.41) is 2.83. The van der Waals surface area contributed by atoms with Crippen molar-refractivity contribution in [1.29, 1.82) is 0 Å². The van der Waals surface area contributed by atoms with E-state index in [1.165, 1.54) is 4.90 Å². The molecule has 1 aliphatic heterocycles. The second-order valence-corrected chi connectivity index (χ2v) is 5.22. The first-order valence-corrected chi connectivity index (χ1v) is 7.76. The smallest absolute Gasteiger partial charge is 0.414 e. The molecule has 0 spiro atoms. The number of rotatable bonds is 5. The van der Waals surface area contributed by atoms with Gasteiger partial charge in [-0.15, -0.1) is 0 Å². The molecule has 24 heavy (non-hydrogen) atoms. The minimum absolute atomic E-state index is 0.213. The van der Waals surface area contributed by atoms with Crippen molar-refractivity contribution in [3.63, 3.8) is 0 Å². The summed E-state index contributed by atoms with van der Waals surface area (Å²) in [4.78, 5) is 25.3. The number of nitrogens with zero attached hydrogens (tertiary/aromatic N) is 1. The summed E-state index contributed by atoms with van der Waals surface area (Å²) in [6.07, 6.45) is -0.360. The lowest BCUT2D eigenvalue weighted by Crippen LogP contribution is -2.23. The molecule has 1 N–H and O–H groups in total. The fraction of sp³-hybridized carbons (Fsp3) is 0.222. The number of anilines is 2. The number of cyclic esters (lactones) is 1. The molecule has 2 aromatic rings. The van der Waals surface area contributed by atoms with Crippen molar-refractivity contribution in [2.45, 2.75) is 6.92 Å². The Kier molecular flexibility index (Phi) is 4.65. The Morgan fingerprint density at radius 2 is 1.88 bits per heavy atom. The molecule has 1 fully saturated rings. The Balaban J connectivity index is 1.65. The van der Waals surface area contributed by atoms with Crippen molar-refractivity contribution < 1.29 is 19.1 Å². The van der Waals surface area contributed by atoms with Gasteiger partial charge in [-0.05, 0) is 55.5 Å². The first-order chi connectivity index (χ1) is 11.7. The second kappa shape index (κ2) is 7.04. The van der Waals surface area contributed by atoms with Crippen LogP contribution in [0.1, 0.15) is 17.3 Å². The van der Waals surface area contributed by atoms with E-state index in [2.05, 4.69) is 5.32 Å². The Labute approximate surface area is 140 Å². The Morgan fingerprint density at radius 3 is 2.46 bits per heavy atom. The van der Waals surface area contributed by atoms with E-state index in [0.717, 1.165) is 11.4 Å². The van der Waals surface area contributed by atoms with E-state index in [1.54, 1.807) is 48.5 Å². The molecule has 0 atom stereocenters. The van der Waals surface area contributed by atoms with Gasteiger partial charge in [0, 0.05) is 16.9 Å². The Morgan fingerprint density at radius 1 is 1.17 bits per heavy atom. The molecule has 6 heteroatoms. The van der Waals surface area contributed by atoms with Gasteiger partial charge in [-0.1, -0.05) is 0 Å². The quantitative estimate of drug-likeness (QED) is 0.915. The molecule has 0 aromatic heterocycles. The van der Waals surface area contributed by atoms with Gasteiger partial charge in [0.25, 0.3) is 5.91 Å². The molecule has 0 unspecified atom stereocenters. The highest BCUT2D eigenvalue weighted by atomic mass is 16.6. The monoisotopic (exact) mass is 326 g/mol. The van der Waals surface area contributed by atoms with Gasteiger partial charge in [0.1, 0.15) is 12.4 Å². The standard InChI is InChI=1S/C18H18N2O4/c1-2-23-16-9-5-14(6-10-16)19-17(21)13-3-7-15(8-4-13)20-11-12-24-18(20)22/h3-10H,2,11-12H2,1H3,(H,19,21). The second-order valence-electron chi connectivity index (χ2n) is 5.22. The third-order valence-corrected chi connectivity index (χ3v) is 3.63. The summed E-state index contributed by atoms with van der Waals surface area (Å²) >= 11 is 0. The van der Waals surface area contributed by atoms with Crippen LogP contribution in [-0.2, 0) is 4.74 Å². The van der Waals surface area contributed by atoms with Gasteiger partial charge in [-0.25, -0.2) is 4.79 Å². The molecule has 0 saturated carbocycles. The average Bonchev–Trinajstić information content (AvgIpc) is 3.03. The molecule has 1 heterocycles. The molecule has 6 nitrogen and oxygen atoms in total. The molecule has 124 valence electrons. The number of ether oxygens (including phenoxy) is 2. The van der Waals surface area contributed by atoms with Gasteiger partial charge in [0.2, 0.25) is 0 Å². The normalized spacial score (nSPS) is 13.5. The van der Waals surface area contributed by atoms with Crippen LogP contribution >= 0.6 is 0 Å². The molecule has 0 aliphatic carbocycles. The number of hydrogen-bond acceptors (Lipinski definition) is 4. The van der Waals surface area contributed by atoms with Crippen LogP contribution in [0.25, 0.3) is 0 Å². The highest BCUT2D eigenvalue weighted by Crippen LogP contribution is 2.20. The number of carbonyl (C=O) groups is 2. The van der Waals surface area contributed by atoms with Gasteiger partial charge >= 0.3 is 6.09 Å². The van der Waals surface area contributed by atoms with E-state index in [1.807, 2.05) is 6.92 Å². The Hall–Kier alpha value is -3.02. The van der Waals surface area contributed by atoms with Crippen LogP contribution in [0.5, 0.6) is 5.75 Å². The predicted molar refractivity (Wildman–Crippen MR) is 90.7 cm³/mol. The fourth-order valence-corrected chi connectivity index (χ4v) is 2.43. The number of hydrogen-bond donors (Lipinski definition) is 1. The first kappa shape index (κ1) is 15.9. The van der Waals surface area contributed by atoms with E-state index in [0.29, 0.717) is 31.0 Å². The molecule has 0 radical (unpaired) electrons. The predicted octanol–water partition coefficient (Wildman–Crippen LogP) is 3.29. The fourth-order valence-electron chi connectivity index (χ4n) is 2.43. The van der Waals surface area contributed by atoms with Crippen molar-refractivity contribution in [3.8, 4) is 5.75 Å². The zero-order chi connectivity index (χ0) is 16.9. The molecule has 1 saturated heterocycles. The lowest BCUT2D eigenvalue weighted by Gasteiger charge is -2.13. The molecule has 1 aliphatic rings. The molecular formula is C18H18N2O4. The van der Waals surface area contributed by atoms with Crippen LogP contribution in [0.15, 0.2) is 48.5 Å². The third-order valence-electron chi connectivity index (χ3n) is 3.63. The van der Waals surface area contributed by atoms with E-state index >= 15 is 0 Å². The van der Waals surface area contributed by atoms with Crippen molar-refractivity contribution in [2.24, 2.45) is 0 Å². The lowest BCUT2D eigenvalue weighted by atomic mass is 10.1. The van der Waals surface area contributed by atoms with E-state index in [4.69, 9.17) is 9.47 Å². The maximum atomic E-state index is 12.3. The molecular weight excluding hydrogens is 308 g/mol. The van der Waals surface area contributed by atoms with Gasteiger partial charge < -0.3 is 14.8 Å². The topological polar surface area (TPSA) is 67.9 Å². The summed E-state index contributed by atoms with van der Waals surface area (Å²) in [5.41, 5.74) is 1.92.